The Morgan fingerprint density at radius 3 is 2.00 bits per heavy atom. The van der Waals surface area contributed by atoms with Gasteiger partial charge in [0.15, 0.2) is 11.5 Å². The lowest BCUT2D eigenvalue weighted by Gasteiger charge is -2.38. The zero-order chi connectivity index (χ0) is 18.2. The predicted molar refractivity (Wildman–Crippen MR) is 94.1 cm³/mol. The molecule has 1 saturated heterocycles. The summed E-state index contributed by atoms with van der Waals surface area (Å²) in [5.74, 6) is 1.44. The SMILES string of the molecule is Cc1cc2c(cc1C(=O)N1CCN(C(=O)C(C)(C)C)CC1)OCCO2. The molecule has 2 amide bonds. The molecule has 0 N–H and O–H groups in total. The van der Waals surface area contributed by atoms with Crippen LogP contribution in [0.3, 0.4) is 0 Å². The van der Waals surface area contributed by atoms with E-state index in [2.05, 4.69) is 0 Å². The van der Waals surface area contributed by atoms with Crippen LogP contribution in [-0.4, -0.2) is 61.0 Å². The van der Waals surface area contributed by atoms with Gasteiger partial charge in [-0.15, -0.1) is 0 Å². The number of aryl methyl sites for hydroxylation is 1. The Morgan fingerprint density at radius 1 is 0.920 bits per heavy atom. The van der Waals surface area contributed by atoms with Crippen LogP contribution >= 0.6 is 0 Å². The van der Waals surface area contributed by atoms with Crippen molar-refractivity contribution in [2.24, 2.45) is 5.41 Å². The highest BCUT2D eigenvalue weighted by atomic mass is 16.6. The summed E-state index contributed by atoms with van der Waals surface area (Å²) >= 11 is 0. The van der Waals surface area contributed by atoms with Crippen LogP contribution in [0.2, 0.25) is 0 Å². The predicted octanol–water partition coefficient (Wildman–Crippen LogP) is 2.10. The number of ether oxygens (including phenoxy) is 2. The van der Waals surface area contributed by atoms with Gasteiger partial charge in [0.1, 0.15) is 13.2 Å². The molecule has 6 nitrogen and oxygen atoms in total. The van der Waals surface area contributed by atoms with Crippen molar-refractivity contribution in [2.75, 3.05) is 39.4 Å². The fourth-order valence-corrected chi connectivity index (χ4v) is 3.18. The van der Waals surface area contributed by atoms with Crippen molar-refractivity contribution in [1.29, 1.82) is 0 Å². The lowest BCUT2D eigenvalue weighted by atomic mass is 9.94. The number of hydrogen-bond acceptors (Lipinski definition) is 4. The molecule has 3 rings (SSSR count). The first kappa shape index (κ1) is 17.6. The Balaban J connectivity index is 1.70. The van der Waals surface area contributed by atoms with Gasteiger partial charge in [-0.05, 0) is 24.6 Å². The quantitative estimate of drug-likeness (QED) is 0.781. The van der Waals surface area contributed by atoms with Crippen LogP contribution < -0.4 is 9.47 Å². The zero-order valence-corrected chi connectivity index (χ0v) is 15.4. The number of benzene rings is 1. The van der Waals surface area contributed by atoms with Crippen molar-refractivity contribution in [2.45, 2.75) is 27.7 Å². The zero-order valence-electron chi connectivity index (χ0n) is 15.4. The third-order valence-electron chi connectivity index (χ3n) is 4.62. The van der Waals surface area contributed by atoms with E-state index < -0.39 is 5.41 Å². The van der Waals surface area contributed by atoms with Crippen molar-refractivity contribution in [3.05, 3.63) is 23.3 Å². The molecule has 1 aromatic rings. The van der Waals surface area contributed by atoms with Gasteiger partial charge in [-0.2, -0.15) is 0 Å². The van der Waals surface area contributed by atoms with E-state index >= 15 is 0 Å². The van der Waals surface area contributed by atoms with Crippen LogP contribution in [0.15, 0.2) is 12.1 Å². The average Bonchev–Trinajstić information content (AvgIpc) is 2.59. The van der Waals surface area contributed by atoms with Gasteiger partial charge in [0.25, 0.3) is 5.91 Å². The third-order valence-corrected chi connectivity index (χ3v) is 4.62. The monoisotopic (exact) mass is 346 g/mol. The molecule has 0 saturated carbocycles. The molecule has 2 aliphatic rings. The van der Waals surface area contributed by atoms with Crippen LogP contribution in [0.1, 0.15) is 36.7 Å². The molecule has 0 spiro atoms. The van der Waals surface area contributed by atoms with Crippen molar-refractivity contribution in [3.8, 4) is 11.5 Å². The largest absolute Gasteiger partial charge is 0.486 e. The second-order valence-electron chi connectivity index (χ2n) is 7.65. The maximum Gasteiger partial charge on any atom is 0.254 e. The van der Waals surface area contributed by atoms with Crippen molar-refractivity contribution >= 4 is 11.8 Å². The molecular formula is C19H26N2O4. The molecule has 2 heterocycles. The van der Waals surface area contributed by atoms with E-state index in [-0.39, 0.29) is 11.8 Å². The fourth-order valence-electron chi connectivity index (χ4n) is 3.18. The summed E-state index contributed by atoms with van der Waals surface area (Å²) < 4.78 is 11.2. The Morgan fingerprint density at radius 2 is 1.44 bits per heavy atom. The molecule has 0 aliphatic carbocycles. The van der Waals surface area contributed by atoms with Gasteiger partial charge in [-0.3, -0.25) is 9.59 Å². The van der Waals surface area contributed by atoms with Gasteiger partial charge in [0, 0.05) is 37.2 Å². The van der Waals surface area contributed by atoms with Crippen molar-refractivity contribution < 1.29 is 19.1 Å². The van der Waals surface area contributed by atoms with Crippen LogP contribution in [-0.2, 0) is 4.79 Å². The standard InChI is InChI=1S/C19H26N2O4/c1-13-11-15-16(25-10-9-24-15)12-14(13)17(22)20-5-7-21(8-6-20)18(23)19(2,3)4/h11-12H,5-10H2,1-4H3. The molecule has 2 aliphatic heterocycles. The Bertz CT molecular complexity index is 685. The van der Waals surface area contributed by atoms with E-state index in [1.807, 2.05) is 43.6 Å². The molecule has 0 unspecified atom stereocenters. The van der Waals surface area contributed by atoms with Gasteiger partial charge in [-0.1, -0.05) is 20.8 Å². The summed E-state index contributed by atoms with van der Waals surface area (Å²) in [6.45, 7) is 11.0. The van der Waals surface area contributed by atoms with Crippen LogP contribution in [0.25, 0.3) is 0 Å². The molecule has 25 heavy (non-hydrogen) atoms. The fraction of sp³-hybridized carbons (Fsp3) is 0.579. The lowest BCUT2D eigenvalue weighted by molar-refractivity contribution is -0.140. The van der Waals surface area contributed by atoms with E-state index in [1.54, 1.807) is 6.07 Å². The molecule has 0 atom stereocenters. The minimum atomic E-state index is -0.390. The van der Waals surface area contributed by atoms with E-state index in [4.69, 9.17) is 9.47 Å². The number of nitrogens with zero attached hydrogens (tertiary/aromatic N) is 2. The number of amides is 2. The summed E-state index contributed by atoms with van der Waals surface area (Å²) in [5, 5.41) is 0. The lowest BCUT2D eigenvalue weighted by Crippen LogP contribution is -2.53. The summed E-state index contributed by atoms with van der Waals surface area (Å²) in [6.07, 6.45) is 0. The van der Waals surface area contributed by atoms with Gasteiger partial charge in [0.2, 0.25) is 5.91 Å². The minimum Gasteiger partial charge on any atom is -0.486 e. The molecule has 0 aromatic heterocycles. The van der Waals surface area contributed by atoms with E-state index in [0.717, 1.165) is 5.56 Å². The van der Waals surface area contributed by atoms with Gasteiger partial charge < -0.3 is 19.3 Å². The first-order chi connectivity index (χ1) is 11.8. The highest BCUT2D eigenvalue weighted by Crippen LogP contribution is 2.33. The highest BCUT2D eigenvalue weighted by molar-refractivity contribution is 5.96. The van der Waals surface area contributed by atoms with E-state index in [9.17, 15) is 9.59 Å². The normalized spacial score (nSPS) is 17.4. The van der Waals surface area contributed by atoms with Gasteiger partial charge in [0.05, 0.1) is 0 Å². The Kier molecular flexibility index (Phi) is 4.62. The molecule has 6 heteroatoms. The highest BCUT2D eigenvalue weighted by Gasteiger charge is 2.31. The number of fused-ring (bicyclic) bond motifs is 1. The summed E-state index contributed by atoms with van der Waals surface area (Å²) in [5.41, 5.74) is 1.13. The molecule has 0 radical (unpaired) electrons. The smallest absolute Gasteiger partial charge is 0.254 e. The van der Waals surface area contributed by atoms with Crippen LogP contribution in [0.4, 0.5) is 0 Å². The first-order valence-electron chi connectivity index (χ1n) is 8.76. The molecule has 1 aromatic carbocycles. The Labute approximate surface area is 148 Å². The van der Waals surface area contributed by atoms with Crippen LogP contribution in [0, 0.1) is 12.3 Å². The first-order valence-corrected chi connectivity index (χ1v) is 8.76. The number of piperazine rings is 1. The molecule has 136 valence electrons. The summed E-state index contributed by atoms with van der Waals surface area (Å²) in [7, 11) is 0. The second-order valence-corrected chi connectivity index (χ2v) is 7.65. The third kappa shape index (κ3) is 3.57. The maximum atomic E-state index is 12.9. The summed E-state index contributed by atoms with van der Waals surface area (Å²) in [6, 6.07) is 3.64. The van der Waals surface area contributed by atoms with E-state index in [1.165, 1.54) is 0 Å². The average molecular weight is 346 g/mol. The topological polar surface area (TPSA) is 59.1 Å². The maximum absolute atomic E-state index is 12.9. The molecule has 1 fully saturated rings. The van der Waals surface area contributed by atoms with Crippen molar-refractivity contribution in [3.63, 3.8) is 0 Å². The number of rotatable bonds is 1. The number of carbonyl (C=O) groups excluding carboxylic acids is 2. The molecule has 0 bridgehead atoms. The Hall–Kier alpha value is -2.24. The van der Waals surface area contributed by atoms with Crippen LogP contribution in [0.5, 0.6) is 11.5 Å². The van der Waals surface area contributed by atoms with Gasteiger partial charge in [-0.25, -0.2) is 0 Å². The second kappa shape index (κ2) is 6.58. The van der Waals surface area contributed by atoms with Gasteiger partial charge >= 0.3 is 0 Å². The summed E-state index contributed by atoms with van der Waals surface area (Å²) in [4.78, 5) is 28.9. The molecular weight excluding hydrogens is 320 g/mol. The van der Waals surface area contributed by atoms with Crippen molar-refractivity contribution in [1.82, 2.24) is 9.80 Å². The number of hydrogen-bond donors (Lipinski definition) is 0. The van der Waals surface area contributed by atoms with E-state index in [0.29, 0.717) is 56.5 Å². The minimum absolute atomic E-state index is 0.0164. The number of carbonyl (C=O) groups is 2.